The van der Waals surface area contributed by atoms with E-state index in [0.29, 0.717) is 6.04 Å². The van der Waals surface area contributed by atoms with E-state index in [-0.39, 0.29) is 0 Å². The average molecular weight is 252 g/mol. The van der Waals surface area contributed by atoms with Crippen molar-refractivity contribution in [2.75, 3.05) is 13.1 Å². The van der Waals surface area contributed by atoms with Crippen LogP contribution < -0.4 is 5.32 Å². The third kappa shape index (κ3) is 3.48. The first-order chi connectivity index (χ1) is 8.72. The fraction of sp³-hybridized carbons (Fsp3) is 1.00. The predicted molar refractivity (Wildman–Crippen MR) is 78.9 cm³/mol. The van der Waals surface area contributed by atoms with Crippen molar-refractivity contribution in [3.8, 4) is 0 Å². The maximum absolute atomic E-state index is 3.65. The van der Waals surface area contributed by atoms with E-state index in [0.717, 1.165) is 18.0 Å². The molecule has 0 aromatic carbocycles. The van der Waals surface area contributed by atoms with Crippen LogP contribution in [0.2, 0.25) is 0 Å². The number of piperidine rings is 1. The monoisotopic (exact) mass is 252 g/mol. The van der Waals surface area contributed by atoms with Gasteiger partial charge in [-0.05, 0) is 44.6 Å². The first-order valence-electron chi connectivity index (χ1n) is 8.21. The Morgan fingerprint density at radius 2 is 1.83 bits per heavy atom. The molecule has 0 radical (unpaired) electrons. The largest absolute Gasteiger partial charge is 0.313 e. The number of hydrogen-bond acceptors (Lipinski definition) is 2. The van der Waals surface area contributed by atoms with Crippen LogP contribution in [0.5, 0.6) is 0 Å². The Balaban J connectivity index is 1.94. The molecule has 18 heavy (non-hydrogen) atoms. The fourth-order valence-electron chi connectivity index (χ4n) is 3.98. The van der Waals surface area contributed by atoms with E-state index in [1.165, 1.54) is 58.0 Å². The summed E-state index contributed by atoms with van der Waals surface area (Å²) in [5.74, 6) is 1.01. The van der Waals surface area contributed by atoms with Gasteiger partial charge in [0.05, 0.1) is 0 Å². The minimum absolute atomic E-state index is 0.617. The molecule has 1 saturated carbocycles. The summed E-state index contributed by atoms with van der Waals surface area (Å²) in [6, 6.07) is 2.29. The van der Waals surface area contributed by atoms with Gasteiger partial charge in [-0.3, -0.25) is 4.90 Å². The minimum atomic E-state index is 0.617. The number of rotatable bonds is 5. The SMILES string of the molecule is CCC(CNC(C)C)N1CCCC2CCCCC21. The lowest BCUT2D eigenvalue weighted by Gasteiger charge is -2.47. The van der Waals surface area contributed by atoms with Crippen molar-refractivity contribution in [3.63, 3.8) is 0 Å². The summed E-state index contributed by atoms with van der Waals surface area (Å²) in [7, 11) is 0. The number of hydrogen-bond donors (Lipinski definition) is 1. The van der Waals surface area contributed by atoms with Crippen LogP contribution in [0.25, 0.3) is 0 Å². The zero-order valence-corrected chi connectivity index (χ0v) is 12.6. The summed E-state index contributed by atoms with van der Waals surface area (Å²) in [6.45, 7) is 9.40. The van der Waals surface area contributed by atoms with E-state index in [4.69, 9.17) is 0 Å². The topological polar surface area (TPSA) is 15.3 Å². The molecule has 0 spiro atoms. The molecule has 1 saturated heterocycles. The molecule has 2 fully saturated rings. The average Bonchev–Trinajstić information content (AvgIpc) is 2.39. The summed E-state index contributed by atoms with van der Waals surface area (Å²) >= 11 is 0. The summed E-state index contributed by atoms with van der Waals surface area (Å²) in [5, 5.41) is 3.65. The molecule has 1 aliphatic heterocycles. The van der Waals surface area contributed by atoms with Crippen LogP contribution in [0.15, 0.2) is 0 Å². The molecule has 0 amide bonds. The van der Waals surface area contributed by atoms with Crippen molar-refractivity contribution in [2.24, 2.45) is 5.92 Å². The van der Waals surface area contributed by atoms with Crippen LogP contribution in [0.3, 0.4) is 0 Å². The van der Waals surface area contributed by atoms with Gasteiger partial charge in [0.15, 0.2) is 0 Å². The Morgan fingerprint density at radius 1 is 1.11 bits per heavy atom. The van der Waals surface area contributed by atoms with Gasteiger partial charge in [0.2, 0.25) is 0 Å². The van der Waals surface area contributed by atoms with Gasteiger partial charge in [-0.15, -0.1) is 0 Å². The Labute approximate surface area is 114 Å². The van der Waals surface area contributed by atoms with Crippen LogP contribution in [-0.2, 0) is 0 Å². The maximum Gasteiger partial charge on any atom is 0.0221 e. The molecular weight excluding hydrogens is 220 g/mol. The van der Waals surface area contributed by atoms with E-state index < -0.39 is 0 Å². The Kier molecular flexibility index (Phi) is 5.50. The van der Waals surface area contributed by atoms with Gasteiger partial charge >= 0.3 is 0 Å². The van der Waals surface area contributed by atoms with Crippen LogP contribution in [0, 0.1) is 5.92 Å². The second-order valence-electron chi connectivity index (χ2n) is 6.62. The highest BCUT2D eigenvalue weighted by Gasteiger charge is 2.35. The predicted octanol–water partition coefficient (Wildman–Crippen LogP) is 3.42. The lowest BCUT2D eigenvalue weighted by Crippen LogP contribution is -2.54. The molecule has 2 rings (SSSR count). The third-order valence-corrected chi connectivity index (χ3v) is 4.99. The number of nitrogens with one attached hydrogen (secondary N) is 1. The van der Waals surface area contributed by atoms with Gasteiger partial charge in [-0.25, -0.2) is 0 Å². The molecule has 1 aliphatic carbocycles. The second-order valence-corrected chi connectivity index (χ2v) is 6.62. The molecule has 0 aromatic heterocycles. The van der Waals surface area contributed by atoms with Crippen molar-refractivity contribution in [1.29, 1.82) is 0 Å². The van der Waals surface area contributed by atoms with Crippen molar-refractivity contribution in [2.45, 2.75) is 83.8 Å². The highest BCUT2D eigenvalue weighted by atomic mass is 15.2. The molecule has 2 nitrogen and oxygen atoms in total. The molecule has 1 N–H and O–H groups in total. The second kappa shape index (κ2) is 6.91. The number of likely N-dealkylation sites (tertiary alicyclic amines) is 1. The van der Waals surface area contributed by atoms with Crippen molar-refractivity contribution >= 4 is 0 Å². The van der Waals surface area contributed by atoms with E-state index in [1.807, 2.05) is 0 Å². The zero-order valence-electron chi connectivity index (χ0n) is 12.6. The molecule has 2 aliphatic rings. The van der Waals surface area contributed by atoms with E-state index in [1.54, 1.807) is 0 Å². The molecule has 106 valence electrons. The van der Waals surface area contributed by atoms with E-state index in [9.17, 15) is 0 Å². The summed E-state index contributed by atoms with van der Waals surface area (Å²) < 4.78 is 0. The molecular formula is C16H32N2. The lowest BCUT2D eigenvalue weighted by atomic mass is 9.77. The van der Waals surface area contributed by atoms with Crippen LogP contribution >= 0.6 is 0 Å². The standard InChI is InChI=1S/C16H32N2/c1-4-15(12-17-13(2)3)18-11-7-9-14-8-5-6-10-16(14)18/h13-17H,4-12H2,1-3H3. The number of fused-ring (bicyclic) bond motifs is 1. The Hall–Kier alpha value is -0.0800. The van der Waals surface area contributed by atoms with Gasteiger partial charge in [0, 0.05) is 24.7 Å². The lowest BCUT2D eigenvalue weighted by molar-refractivity contribution is 0.0238. The first-order valence-corrected chi connectivity index (χ1v) is 8.21. The summed E-state index contributed by atoms with van der Waals surface area (Å²) in [5.41, 5.74) is 0. The molecule has 3 atom stereocenters. The van der Waals surface area contributed by atoms with Crippen molar-refractivity contribution < 1.29 is 0 Å². The quantitative estimate of drug-likeness (QED) is 0.806. The van der Waals surface area contributed by atoms with Gasteiger partial charge in [0.1, 0.15) is 0 Å². The number of nitrogens with zero attached hydrogens (tertiary/aromatic N) is 1. The first kappa shape index (κ1) is 14.3. The normalized spacial score (nSPS) is 31.3. The third-order valence-electron chi connectivity index (χ3n) is 4.99. The molecule has 0 aromatic rings. The Bertz CT molecular complexity index is 237. The van der Waals surface area contributed by atoms with Crippen molar-refractivity contribution in [1.82, 2.24) is 10.2 Å². The van der Waals surface area contributed by atoms with Crippen LogP contribution in [0.4, 0.5) is 0 Å². The summed E-state index contributed by atoms with van der Waals surface area (Å²) in [4.78, 5) is 2.86. The maximum atomic E-state index is 3.65. The highest BCUT2D eigenvalue weighted by molar-refractivity contribution is 4.91. The van der Waals surface area contributed by atoms with Gasteiger partial charge in [-0.1, -0.05) is 33.6 Å². The van der Waals surface area contributed by atoms with E-state index >= 15 is 0 Å². The van der Waals surface area contributed by atoms with Gasteiger partial charge in [0.25, 0.3) is 0 Å². The smallest absolute Gasteiger partial charge is 0.0221 e. The highest BCUT2D eigenvalue weighted by Crippen LogP contribution is 2.36. The van der Waals surface area contributed by atoms with Crippen molar-refractivity contribution in [3.05, 3.63) is 0 Å². The van der Waals surface area contributed by atoms with Crippen LogP contribution in [0.1, 0.15) is 65.7 Å². The zero-order chi connectivity index (χ0) is 13.0. The molecule has 3 unspecified atom stereocenters. The van der Waals surface area contributed by atoms with Gasteiger partial charge < -0.3 is 5.32 Å². The Morgan fingerprint density at radius 3 is 2.56 bits per heavy atom. The van der Waals surface area contributed by atoms with Gasteiger partial charge in [-0.2, -0.15) is 0 Å². The van der Waals surface area contributed by atoms with Crippen LogP contribution in [-0.4, -0.2) is 36.1 Å². The van der Waals surface area contributed by atoms with E-state index in [2.05, 4.69) is 31.0 Å². The molecule has 2 heteroatoms. The minimum Gasteiger partial charge on any atom is -0.313 e. The molecule has 1 heterocycles. The summed E-state index contributed by atoms with van der Waals surface area (Å²) in [6.07, 6.45) is 10.1. The molecule has 0 bridgehead atoms. The fourth-order valence-corrected chi connectivity index (χ4v) is 3.98.